The summed E-state index contributed by atoms with van der Waals surface area (Å²) in [6.07, 6.45) is 5.10. The number of benzene rings is 1. The first kappa shape index (κ1) is 20.1. The fourth-order valence-electron chi connectivity index (χ4n) is 3.40. The molecule has 5 aromatic rings. The minimum absolute atomic E-state index is 0.408. The van der Waals surface area contributed by atoms with E-state index < -0.39 is 5.63 Å². The van der Waals surface area contributed by atoms with Crippen molar-refractivity contribution in [2.75, 3.05) is 7.11 Å². The van der Waals surface area contributed by atoms with Gasteiger partial charge >= 0.3 is 5.63 Å². The number of hydrogen-bond acceptors (Lipinski definition) is 8. The average Bonchev–Trinajstić information content (AvgIpc) is 3.48. The van der Waals surface area contributed by atoms with Gasteiger partial charge in [-0.2, -0.15) is 0 Å². The topological polar surface area (TPSA) is 96.2 Å². The zero-order valence-electron chi connectivity index (χ0n) is 17.1. The largest absolute Gasteiger partial charge is 0.497 e. The average molecular weight is 446 g/mol. The summed E-state index contributed by atoms with van der Waals surface area (Å²) < 4.78 is 18.1. The molecule has 160 valence electrons. The summed E-state index contributed by atoms with van der Waals surface area (Å²) in [6.45, 7) is 0.474. The molecule has 0 bridgehead atoms. The van der Waals surface area contributed by atoms with Crippen molar-refractivity contribution in [3.63, 3.8) is 0 Å². The third-order valence-corrected chi connectivity index (χ3v) is 5.94. The number of pyridine rings is 1. The van der Waals surface area contributed by atoms with Gasteiger partial charge in [-0.3, -0.25) is 9.55 Å². The van der Waals surface area contributed by atoms with Crippen molar-refractivity contribution >= 4 is 22.7 Å². The van der Waals surface area contributed by atoms with Crippen molar-refractivity contribution in [3.8, 4) is 17.1 Å². The number of aromatic nitrogens is 4. The van der Waals surface area contributed by atoms with E-state index in [-0.39, 0.29) is 0 Å². The molecule has 0 saturated carbocycles. The van der Waals surface area contributed by atoms with Crippen LogP contribution in [-0.2, 0) is 12.3 Å². The van der Waals surface area contributed by atoms with Gasteiger partial charge in [-0.15, -0.1) is 10.2 Å². The van der Waals surface area contributed by atoms with Gasteiger partial charge in [0.25, 0.3) is 0 Å². The lowest BCUT2D eigenvalue weighted by molar-refractivity contribution is 0.414. The molecule has 1 aromatic carbocycles. The number of nitrogens with zero attached hydrogens (tertiary/aromatic N) is 4. The summed E-state index contributed by atoms with van der Waals surface area (Å²) in [5, 5.41) is 10.4. The molecule has 5 rings (SSSR count). The molecule has 4 heterocycles. The Balaban J connectivity index is 1.50. The standard InChI is InChI=1S/C23H18N4O4S/c1-29-17-6-7-19-16(10-21(28)31-20(19)11-17)14-32-23-26-25-22(15-4-2-8-24-12-15)27(23)13-18-5-3-9-30-18/h2-12H,13-14H2,1H3. The number of ether oxygens (including phenoxy) is 1. The molecule has 0 saturated heterocycles. The highest BCUT2D eigenvalue weighted by atomic mass is 32.2. The SMILES string of the molecule is COc1ccc2c(CSc3nnc(-c4cccnc4)n3Cc3ccco3)cc(=O)oc2c1. The van der Waals surface area contributed by atoms with Crippen LogP contribution in [-0.4, -0.2) is 26.9 Å². The van der Waals surface area contributed by atoms with E-state index in [0.717, 1.165) is 22.3 Å². The van der Waals surface area contributed by atoms with E-state index in [1.807, 2.05) is 41.0 Å². The first-order valence-electron chi connectivity index (χ1n) is 9.81. The molecule has 0 aliphatic heterocycles. The highest BCUT2D eigenvalue weighted by molar-refractivity contribution is 7.98. The third kappa shape index (κ3) is 4.02. The zero-order valence-corrected chi connectivity index (χ0v) is 17.9. The maximum Gasteiger partial charge on any atom is 0.336 e. The summed E-state index contributed by atoms with van der Waals surface area (Å²) in [5.74, 6) is 2.62. The maximum atomic E-state index is 12.1. The van der Waals surface area contributed by atoms with Crippen molar-refractivity contribution in [3.05, 3.63) is 88.9 Å². The second-order valence-corrected chi connectivity index (χ2v) is 7.90. The van der Waals surface area contributed by atoms with Crippen molar-refractivity contribution in [2.45, 2.75) is 17.5 Å². The summed E-state index contributed by atoms with van der Waals surface area (Å²) in [7, 11) is 1.57. The number of fused-ring (bicyclic) bond motifs is 1. The molecule has 0 N–H and O–H groups in total. The Morgan fingerprint density at radius 3 is 2.84 bits per heavy atom. The minimum atomic E-state index is -0.408. The molecule has 0 aliphatic rings. The molecule has 4 aromatic heterocycles. The molecule has 0 spiro atoms. The minimum Gasteiger partial charge on any atom is -0.497 e. The van der Waals surface area contributed by atoms with Crippen molar-refractivity contribution < 1.29 is 13.6 Å². The van der Waals surface area contributed by atoms with Crippen molar-refractivity contribution in [1.82, 2.24) is 19.7 Å². The number of methoxy groups -OCH3 is 1. The van der Waals surface area contributed by atoms with Gasteiger partial charge < -0.3 is 13.6 Å². The Morgan fingerprint density at radius 2 is 2.06 bits per heavy atom. The number of thioether (sulfide) groups is 1. The van der Waals surface area contributed by atoms with Crippen LogP contribution in [0.3, 0.4) is 0 Å². The molecule has 0 unspecified atom stereocenters. The summed E-state index contributed by atoms with van der Waals surface area (Å²) in [5.41, 5.74) is 1.78. The van der Waals surface area contributed by atoms with E-state index in [1.54, 1.807) is 31.8 Å². The zero-order chi connectivity index (χ0) is 21.9. The Kier molecular flexibility index (Phi) is 5.47. The molecule has 0 radical (unpaired) electrons. The van der Waals surface area contributed by atoms with E-state index in [2.05, 4.69) is 15.2 Å². The van der Waals surface area contributed by atoms with Gasteiger partial charge in [-0.05, 0) is 42.0 Å². The van der Waals surface area contributed by atoms with Gasteiger partial charge in [0.2, 0.25) is 0 Å². The van der Waals surface area contributed by atoms with Gasteiger partial charge in [0.1, 0.15) is 17.1 Å². The number of hydrogen-bond donors (Lipinski definition) is 0. The Bertz CT molecular complexity index is 1410. The first-order chi connectivity index (χ1) is 15.7. The van der Waals surface area contributed by atoms with E-state index >= 15 is 0 Å². The van der Waals surface area contributed by atoms with Gasteiger partial charge in [0.15, 0.2) is 11.0 Å². The van der Waals surface area contributed by atoms with Crippen LogP contribution in [0.1, 0.15) is 11.3 Å². The Labute approximate surface area is 186 Å². The van der Waals surface area contributed by atoms with E-state index in [1.165, 1.54) is 17.8 Å². The first-order valence-corrected chi connectivity index (χ1v) is 10.8. The van der Waals surface area contributed by atoms with Crippen LogP contribution in [0.5, 0.6) is 5.75 Å². The molecule has 0 atom stereocenters. The van der Waals surface area contributed by atoms with E-state index in [9.17, 15) is 4.79 Å². The normalized spacial score (nSPS) is 11.2. The highest BCUT2D eigenvalue weighted by Gasteiger charge is 2.17. The maximum absolute atomic E-state index is 12.1. The highest BCUT2D eigenvalue weighted by Crippen LogP contribution is 2.30. The van der Waals surface area contributed by atoms with E-state index in [4.69, 9.17) is 13.6 Å². The molecule has 9 heteroatoms. The molecule has 8 nitrogen and oxygen atoms in total. The summed E-state index contributed by atoms with van der Waals surface area (Å²) in [4.78, 5) is 16.3. The van der Waals surface area contributed by atoms with Gasteiger partial charge in [0, 0.05) is 41.2 Å². The van der Waals surface area contributed by atoms with Gasteiger partial charge in [-0.1, -0.05) is 11.8 Å². The van der Waals surface area contributed by atoms with Crippen LogP contribution in [0, 0.1) is 0 Å². The lowest BCUT2D eigenvalue weighted by atomic mass is 10.1. The molecule has 32 heavy (non-hydrogen) atoms. The predicted molar refractivity (Wildman–Crippen MR) is 120 cm³/mol. The second kappa shape index (κ2) is 8.72. The quantitative estimate of drug-likeness (QED) is 0.268. The molecule has 0 fully saturated rings. The lowest BCUT2D eigenvalue weighted by Crippen LogP contribution is -2.04. The lowest BCUT2D eigenvalue weighted by Gasteiger charge is -2.10. The Morgan fingerprint density at radius 1 is 1.12 bits per heavy atom. The number of rotatable bonds is 7. The monoisotopic (exact) mass is 446 g/mol. The third-order valence-electron chi connectivity index (χ3n) is 4.92. The van der Waals surface area contributed by atoms with E-state index in [0.29, 0.717) is 34.6 Å². The van der Waals surface area contributed by atoms with Gasteiger partial charge in [-0.25, -0.2) is 4.79 Å². The van der Waals surface area contributed by atoms with Crippen LogP contribution in [0.4, 0.5) is 0 Å². The fourth-order valence-corrected chi connectivity index (χ4v) is 4.33. The smallest absolute Gasteiger partial charge is 0.336 e. The molecule has 0 amide bonds. The van der Waals surface area contributed by atoms with Crippen LogP contribution < -0.4 is 10.4 Å². The Hall–Kier alpha value is -3.85. The van der Waals surface area contributed by atoms with Crippen LogP contribution in [0.2, 0.25) is 0 Å². The van der Waals surface area contributed by atoms with Crippen molar-refractivity contribution in [2.24, 2.45) is 0 Å². The molecular weight excluding hydrogens is 428 g/mol. The molecular formula is C23H18N4O4S. The van der Waals surface area contributed by atoms with Crippen LogP contribution in [0.15, 0.2) is 86.0 Å². The van der Waals surface area contributed by atoms with Crippen LogP contribution in [0.25, 0.3) is 22.4 Å². The fraction of sp³-hybridized carbons (Fsp3) is 0.130. The summed E-state index contributed by atoms with van der Waals surface area (Å²) >= 11 is 1.49. The van der Waals surface area contributed by atoms with Crippen LogP contribution >= 0.6 is 11.8 Å². The number of furan rings is 1. The van der Waals surface area contributed by atoms with Gasteiger partial charge in [0.05, 0.1) is 19.9 Å². The molecule has 0 aliphatic carbocycles. The summed E-state index contributed by atoms with van der Waals surface area (Å²) in [6, 6.07) is 14.5. The van der Waals surface area contributed by atoms with Crippen molar-refractivity contribution in [1.29, 1.82) is 0 Å². The second-order valence-electron chi connectivity index (χ2n) is 6.95. The predicted octanol–water partition coefficient (Wildman–Crippen LogP) is 4.39.